The highest BCUT2D eigenvalue weighted by atomic mass is 79.9. The highest BCUT2D eigenvalue weighted by Gasteiger charge is 2.09. The summed E-state index contributed by atoms with van der Waals surface area (Å²) in [5.74, 6) is 1.01. The van der Waals surface area contributed by atoms with Crippen LogP contribution < -0.4 is 10.1 Å². The van der Waals surface area contributed by atoms with Gasteiger partial charge in [0.1, 0.15) is 12.4 Å². The molecule has 1 N–H and O–H groups in total. The van der Waals surface area contributed by atoms with Crippen LogP contribution in [0.25, 0.3) is 0 Å². The summed E-state index contributed by atoms with van der Waals surface area (Å²) in [5.41, 5.74) is 2.99. The standard InChI is InChI=1S/C17H20BrNOS/c18-15-10-17(21-12-15)11-19-7-8-20-16-6-5-13-3-1-2-4-14(13)9-16/h5-6,9-10,12,19H,1-4,7-8,11H2. The number of hydrogen-bond acceptors (Lipinski definition) is 3. The Bertz CT molecular complexity index is 596. The van der Waals surface area contributed by atoms with Gasteiger partial charge in [-0.15, -0.1) is 11.3 Å². The van der Waals surface area contributed by atoms with Crippen LogP contribution in [0.4, 0.5) is 0 Å². The fraction of sp³-hybridized carbons (Fsp3) is 0.412. The maximum absolute atomic E-state index is 5.85. The average molecular weight is 366 g/mol. The fourth-order valence-corrected chi connectivity index (χ4v) is 4.12. The first kappa shape index (κ1) is 15.1. The topological polar surface area (TPSA) is 21.3 Å². The van der Waals surface area contributed by atoms with Gasteiger partial charge in [0.05, 0.1) is 0 Å². The first-order valence-electron chi connectivity index (χ1n) is 7.49. The van der Waals surface area contributed by atoms with Crippen molar-refractivity contribution < 1.29 is 4.74 Å². The van der Waals surface area contributed by atoms with Gasteiger partial charge in [0, 0.05) is 27.8 Å². The number of rotatable bonds is 6. The normalized spacial score (nSPS) is 14.0. The number of halogens is 1. The van der Waals surface area contributed by atoms with Gasteiger partial charge in [0.15, 0.2) is 0 Å². The molecular weight excluding hydrogens is 346 g/mol. The van der Waals surface area contributed by atoms with Gasteiger partial charge in [-0.05, 0) is 70.9 Å². The lowest BCUT2D eigenvalue weighted by Gasteiger charge is -2.16. The molecule has 4 heteroatoms. The minimum absolute atomic E-state index is 0.714. The molecule has 1 aliphatic carbocycles. The molecule has 1 aromatic heterocycles. The van der Waals surface area contributed by atoms with Crippen molar-refractivity contribution in [3.63, 3.8) is 0 Å². The van der Waals surface area contributed by atoms with Gasteiger partial charge >= 0.3 is 0 Å². The molecule has 0 spiro atoms. The Hall–Kier alpha value is -0.840. The van der Waals surface area contributed by atoms with Crippen LogP contribution in [0, 0.1) is 0 Å². The minimum atomic E-state index is 0.714. The largest absolute Gasteiger partial charge is 0.492 e. The van der Waals surface area contributed by atoms with Crippen LogP contribution in [0.15, 0.2) is 34.1 Å². The molecule has 2 aromatic rings. The molecule has 2 nitrogen and oxygen atoms in total. The maximum atomic E-state index is 5.85. The zero-order chi connectivity index (χ0) is 14.5. The van der Waals surface area contributed by atoms with Gasteiger partial charge in [0.2, 0.25) is 0 Å². The summed E-state index contributed by atoms with van der Waals surface area (Å²) in [6.07, 6.45) is 5.08. The molecule has 1 aromatic carbocycles. The Morgan fingerprint density at radius 2 is 2.00 bits per heavy atom. The van der Waals surface area contributed by atoms with Crippen molar-refractivity contribution in [3.05, 3.63) is 50.1 Å². The quantitative estimate of drug-likeness (QED) is 0.757. The summed E-state index contributed by atoms with van der Waals surface area (Å²) in [6.45, 7) is 2.49. The molecule has 0 saturated carbocycles. The number of thiophene rings is 1. The van der Waals surface area contributed by atoms with Crippen molar-refractivity contribution in [2.24, 2.45) is 0 Å². The Kier molecular flexibility index (Phi) is 5.33. The molecule has 0 bridgehead atoms. The van der Waals surface area contributed by atoms with Crippen LogP contribution in [0.5, 0.6) is 5.75 Å². The smallest absolute Gasteiger partial charge is 0.119 e. The maximum Gasteiger partial charge on any atom is 0.119 e. The first-order valence-corrected chi connectivity index (χ1v) is 9.17. The Morgan fingerprint density at radius 1 is 1.14 bits per heavy atom. The van der Waals surface area contributed by atoms with Crippen molar-refractivity contribution >= 4 is 27.3 Å². The molecular formula is C17H20BrNOS. The van der Waals surface area contributed by atoms with E-state index in [1.165, 1.54) is 41.7 Å². The van der Waals surface area contributed by atoms with E-state index >= 15 is 0 Å². The van der Waals surface area contributed by atoms with E-state index in [1.807, 2.05) is 0 Å². The molecule has 0 aliphatic heterocycles. The van der Waals surface area contributed by atoms with Crippen molar-refractivity contribution in [2.75, 3.05) is 13.2 Å². The Labute approximate surface area is 138 Å². The summed E-state index contributed by atoms with van der Waals surface area (Å²) in [4.78, 5) is 1.34. The van der Waals surface area contributed by atoms with Crippen molar-refractivity contribution in [2.45, 2.75) is 32.2 Å². The summed E-state index contributed by atoms with van der Waals surface area (Å²) >= 11 is 5.24. The van der Waals surface area contributed by atoms with Crippen LogP contribution in [0.2, 0.25) is 0 Å². The summed E-state index contributed by atoms with van der Waals surface area (Å²) in [5, 5.41) is 5.52. The van der Waals surface area contributed by atoms with Gasteiger partial charge in [-0.25, -0.2) is 0 Å². The van der Waals surface area contributed by atoms with Crippen LogP contribution in [-0.4, -0.2) is 13.2 Å². The van der Waals surface area contributed by atoms with E-state index in [1.54, 1.807) is 11.3 Å². The lowest BCUT2D eigenvalue weighted by atomic mass is 9.92. The number of hydrogen-bond donors (Lipinski definition) is 1. The van der Waals surface area contributed by atoms with Crippen LogP contribution >= 0.6 is 27.3 Å². The van der Waals surface area contributed by atoms with Crippen molar-refractivity contribution in [1.82, 2.24) is 5.32 Å². The lowest BCUT2D eigenvalue weighted by molar-refractivity contribution is 0.313. The Morgan fingerprint density at radius 3 is 2.81 bits per heavy atom. The van der Waals surface area contributed by atoms with Crippen LogP contribution in [-0.2, 0) is 19.4 Å². The molecule has 1 aliphatic rings. The van der Waals surface area contributed by atoms with E-state index in [-0.39, 0.29) is 0 Å². The SMILES string of the molecule is Brc1csc(CNCCOc2ccc3c(c2)CCCC3)c1. The second kappa shape index (κ2) is 7.43. The summed E-state index contributed by atoms with van der Waals surface area (Å²) < 4.78 is 7.01. The zero-order valence-corrected chi connectivity index (χ0v) is 14.4. The summed E-state index contributed by atoms with van der Waals surface area (Å²) in [7, 11) is 0. The molecule has 1 heterocycles. The fourth-order valence-electron chi connectivity index (χ4n) is 2.70. The number of aryl methyl sites for hydroxylation is 2. The predicted octanol–water partition coefficient (Wildman–Crippen LogP) is 4.56. The van der Waals surface area contributed by atoms with E-state index in [9.17, 15) is 0 Å². The molecule has 0 radical (unpaired) electrons. The van der Waals surface area contributed by atoms with Gasteiger partial charge in [-0.1, -0.05) is 6.07 Å². The molecule has 0 atom stereocenters. The molecule has 112 valence electrons. The van der Waals surface area contributed by atoms with E-state index < -0.39 is 0 Å². The minimum Gasteiger partial charge on any atom is -0.492 e. The Balaban J connectivity index is 1.41. The molecule has 0 unspecified atom stereocenters. The second-order valence-corrected chi connectivity index (χ2v) is 7.31. The number of nitrogens with one attached hydrogen (secondary N) is 1. The molecule has 0 fully saturated rings. The lowest BCUT2D eigenvalue weighted by Crippen LogP contribution is -2.20. The van der Waals surface area contributed by atoms with Gasteiger partial charge in [-0.2, -0.15) is 0 Å². The molecule has 21 heavy (non-hydrogen) atoms. The molecule has 0 saturated heterocycles. The first-order chi connectivity index (χ1) is 10.3. The zero-order valence-electron chi connectivity index (χ0n) is 12.0. The summed E-state index contributed by atoms with van der Waals surface area (Å²) in [6, 6.07) is 8.73. The molecule has 0 amide bonds. The van der Waals surface area contributed by atoms with Gasteiger partial charge < -0.3 is 10.1 Å². The van der Waals surface area contributed by atoms with Crippen molar-refractivity contribution in [1.29, 1.82) is 0 Å². The van der Waals surface area contributed by atoms with Crippen LogP contribution in [0.3, 0.4) is 0 Å². The third-order valence-corrected chi connectivity index (χ3v) is 5.49. The second-order valence-electron chi connectivity index (χ2n) is 5.39. The third-order valence-electron chi connectivity index (χ3n) is 3.79. The van der Waals surface area contributed by atoms with Gasteiger partial charge in [0.25, 0.3) is 0 Å². The number of benzene rings is 1. The van der Waals surface area contributed by atoms with E-state index in [0.717, 1.165) is 23.3 Å². The van der Waals surface area contributed by atoms with Crippen molar-refractivity contribution in [3.8, 4) is 5.75 Å². The van der Waals surface area contributed by atoms with E-state index in [4.69, 9.17) is 4.74 Å². The molecule has 3 rings (SSSR count). The highest BCUT2D eigenvalue weighted by molar-refractivity contribution is 9.10. The number of ether oxygens (including phenoxy) is 1. The monoisotopic (exact) mass is 365 g/mol. The van der Waals surface area contributed by atoms with E-state index in [2.05, 4.69) is 50.9 Å². The third kappa shape index (κ3) is 4.31. The predicted molar refractivity (Wildman–Crippen MR) is 92.3 cm³/mol. The van der Waals surface area contributed by atoms with Gasteiger partial charge in [-0.3, -0.25) is 0 Å². The average Bonchev–Trinajstić information content (AvgIpc) is 2.92. The van der Waals surface area contributed by atoms with Crippen LogP contribution in [0.1, 0.15) is 28.8 Å². The van der Waals surface area contributed by atoms with E-state index in [0.29, 0.717) is 6.61 Å². The highest BCUT2D eigenvalue weighted by Crippen LogP contribution is 2.25. The number of fused-ring (bicyclic) bond motifs is 1.